The first-order valence-corrected chi connectivity index (χ1v) is 5.72. The Morgan fingerprint density at radius 3 is 2.93 bits per heavy atom. The first kappa shape index (κ1) is 10.2. The van der Waals surface area contributed by atoms with E-state index in [4.69, 9.17) is 0 Å². The van der Waals surface area contributed by atoms with Gasteiger partial charge in [-0.05, 0) is 18.4 Å². The molecule has 2 nitrogen and oxygen atoms in total. The Labute approximate surface area is 92.7 Å². The molecule has 3 heteroatoms. The van der Waals surface area contributed by atoms with E-state index in [1.807, 2.05) is 24.3 Å². The number of rotatable bonds is 3. The molecule has 1 aromatic heterocycles. The lowest BCUT2D eigenvalue weighted by Gasteiger charge is -2.03. The zero-order chi connectivity index (χ0) is 10.7. The van der Waals surface area contributed by atoms with Gasteiger partial charge in [-0.15, -0.1) is 0 Å². The van der Waals surface area contributed by atoms with E-state index >= 15 is 0 Å². The van der Waals surface area contributed by atoms with Crippen LogP contribution in [0.25, 0.3) is 10.8 Å². The molecular formula is C12H11NOS. The third-order valence-corrected chi connectivity index (χ3v) is 3.20. The SMILES string of the molecule is CC(=O)CSc1nccc2ccccc12. The van der Waals surface area contributed by atoms with Crippen molar-refractivity contribution in [1.82, 2.24) is 4.98 Å². The van der Waals surface area contributed by atoms with Gasteiger partial charge in [0.15, 0.2) is 0 Å². The quantitative estimate of drug-likeness (QED) is 0.740. The topological polar surface area (TPSA) is 30.0 Å². The van der Waals surface area contributed by atoms with E-state index in [2.05, 4.69) is 11.1 Å². The van der Waals surface area contributed by atoms with Crippen LogP contribution in [0.5, 0.6) is 0 Å². The van der Waals surface area contributed by atoms with Crippen LogP contribution in [0.1, 0.15) is 6.92 Å². The summed E-state index contributed by atoms with van der Waals surface area (Å²) in [6.07, 6.45) is 1.78. The van der Waals surface area contributed by atoms with E-state index in [0.717, 1.165) is 10.4 Å². The van der Waals surface area contributed by atoms with E-state index in [0.29, 0.717) is 5.75 Å². The number of pyridine rings is 1. The highest BCUT2D eigenvalue weighted by Gasteiger charge is 2.03. The van der Waals surface area contributed by atoms with Gasteiger partial charge in [0.05, 0.1) is 5.75 Å². The normalized spacial score (nSPS) is 10.5. The van der Waals surface area contributed by atoms with Crippen LogP contribution in [0.15, 0.2) is 41.6 Å². The largest absolute Gasteiger partial charge is 0.299 e. The highest BCUT2D eigenvalue weighted by Crippen LogP contribution is 2.25. The number of Topliss-reactive ketones (excluding diaryl/α,β-unsaturated/α-hetero) is 1. The zero-order valence-electron chi connectivity index (χ0n) is 8.43. The average molecular weight is 217 g/mol. The van der Waals surface area contributed by atoms with Gasteiger partial charge in [-0.1, -0.05) is 36.0 Å². The molecule has 0 aliphatic rings. The van der Waals surface area contributed by atoms with Crippen LogP contribution >= 0.6 is 11.8 Å². The third kappa shape index (κ3) is 2.36. The van der Waals surface area contributed by atoms with Crippen molar-refractivity contribution in [3.05, 3.63) is 36.5 Å². The molecule has 0 bridgehead atoms. The van der Waals surface area contributed by atoms with E-state index in [1.54, 1.807) is 13.1 Å². The van der Waals surface area contributed by atoms with E-state index in [9.17, 15) is 4.79 Å². The number of nitrogens with zero attached hydrogens (tertiary/aromatic N) is 1. The van der Waals surface area contributed by atoms with Gasteiger partial charge >= 0.3 is 0 Å². The summed E-state index contributed by atoms with van der Waals surface area (Å²) >= 11 is 1.50. The molecule has 0 spiro atoms. The number of benzene rings is 1. The van der Waals surface area contributed by atoms with Crippen LogP contribution in [0.4, 0.5) is 0 Å². The fourth-order valence-electron chi connectivity index (χ4n) is 1.38. The van der Waals surface area contributed by atoms with Gasteiger partial charge in [-0.25, -0.2) is 4.98 Å². The Kier molecular flexibility index (Phi) is 3.02. The Hall–Kier alpha value is -1.35. The van der Waals surface area contributed by atoms with Gasteiger partial charge in [-0.2, -0.15) is 0 Å². The molecule has 0 fully saturated rings. The molecule has 0 saturated carbocycles. The molecule has 0 radical (unpaired) electrons. The number of carbonyl (C=O) groups excluding carboxylic acids is 1. The van der Waals surface area contributed by atoms with Gasteiger partial charge in [0, 0.05) is 11.6 Å². The number of carbonyl (C=O) groups is 1. The number of fused-ring (bicyclic) bond motifs is 1. The number of aromatic nitrogens is 1. The first-order valence-electron chi connectivity index (χ1n) is 4.73. The summed E-state index contributed by atoms with van der Waals surface area (Å²) in [5.74, 6) is 0.663. The Bertz CT molecular complexity index is 490. The summed E-state index contributed by atoms with van der Waals surface area (Å²) in [4.78, 5) is 15.2. The molecule has 0 saturated heterocycles. The summed E-state index contributed by atoms with van der Waals surface area (Å²) in [6.45, 7) is 1.60. The van der Waals surface area contributed by atoms with Gasteiger partial charge in [0.2, 0.25) is 0 Å². The number of thioether (sulfide) groups is 1. The lowest BCUT2D eigenvalue weighted by molar-refractivity contribution is -0.114. The van der Waals surface area contributed by atoms with E-state index in [-0.39, 0.29) is 5.78 Å². The Morgan fingerprint density at radius 2 is 2.13 bits per heavy atom. The molecular weight excluding hydrogens is 206 g/mol. The maximum absolute atomic E-state index is 10.9. The molecule has 2 aromatic rings. The van der Waals surface area contributed by atoms with Crippen molar-refractivity contribution in [3.63, 3.8) is 0 Å². The zero-order valence-corrected chi connectivity index (χ0v) is 9.25. The van der Waals surface area contributed by atoms with Crippen molar-refractivity contribution in [1.29, 1.82) is 0 Å². The molecule has 0 aliphatic carbocycles. The van der Waals surface area contributed by atoms with E-state index < -0.39 is 0 Å². The number of ketones is 1. The van der Waals surface area contributed by atoms with Gasteiger partial charge in [0.25, 0.3) is 0 Å². The predicted octanol–water partition coefficient (Wildman–Crippen LogP) is 2.92. The van der Waals surface area contributed by atoms with Crippen LogP contribution in [0, 0.1) is 0 Å². The van der Waals surface area contributed by atoms with Gasteiger partial charge in [0.1, 0.15) is 10.8 Å². The summed E-state index contributed by atoms with van der Waals surface area (Å²) in [5.41, 5.74) is 0. The monoisotopic (exact) mass is 217 g/mol. The van der Waals surface area contributed by atoms with Crippen molar-refractivity contribution < 1.29 is 4.79 Å². The molecule has 15 heavy (non-hydrogen) atoms. The molecule has 2 rings (SSSR count). The van der Waals surface area contributed by atoms with Crippen LogP contribution in [0.2, 0.25) is 0 Å². The van der Waals surface area contributed by atoms with Crippen molar-refractivity contribution >= 4 is 28.3 Å². The fraction of sp³-hybridized carbons (Fsp3) is 0.167. The van der Waals surface area contributed by atoms with E-state index in [1.165, 1.54) is 17.1 Å². The predicted molar refractivity (Wildman–Crippen MR) is 63.1 cm³/mol. The molecule has 0 unspecified atom stereocenters. The van der Waals surface area contributed by atoms with Crippen molar-refractivity contribution in [2.45, 2.75) is 11.9 Å². The summed E-state index contributed by atoms with van der Waals surface area (Å²) in [6, 6.07) is 10.1. The molecule has 1 heterocycles. The smallest absolute Gasteiger partial charge is 0.140 e. The fourth-order valence-corrected chi connectivity index (χ4v) is 2.19. The molecule has 0 amide bonds. The average Bonchev–Trinajstić information content (AvgIpc) is 2.26. The van der Waals surface area contributed by atoms with Gasteiger partial charge < -0.3 is 0 Å². The molecule has 0 atom stereocenters. The minimum absolute atomic E-state index is 0.176. The molecule has 1 aromatic carbocycles. The summed E-state index contributed by atoms with van der Waals surface area (Å²) in [5, 5.41) is 3.22. The minimum Gasteiger partial charge on any atom is -0.299 e. The molecule has 0 N–H and O–H groups in total. The lowest BCUT2D eigenvalue weighted by Crippen LogP contribution is -1.94. The maximum atomic E-state index is 10.9. The maximum Gasteiger partial charge on any atom is 0.140 e. The van der Waals surface area contributed by atoms with Crippen molar-refractivity contribution in [2.24, 2.45) is 0 Å². The molecule has 76 valence electrons. The standard InChI is InChI=1S/C12H11NOS/c1-9(14)8-15-12-11-5-3-2-4-10(11)6-7-13-12/h2-7H,8H2,1H3. The first-order chi connectivity index (χ1) is 7.27. The van der Waals surface area contributed by atoms with Crippen molar-refractivity contribution in [2.75, 3.05) is 5.75 Å². The van der Waals surface area contributed by atoms with Crippen LogP contribution in [-0.4, -0.2) is 16.5 Å². The minimum atomic E-state index is 0.176. The highest BCUT2D eigenvalue weighted by atomic mass is 32.2. The number of hydrogen-bond acceptors (Lipinski definition) is 3. The van der Waals surface area contributed by atoms with Crippen LogP contribution < -0.4 is 0 Å². The number of hydrogen-bond donors (Lipinski definition) is 0. The molecule has 0 aliphatic heterocycles. The van der Waals surface area contributed by atoms with Gasteiger partial charge in [-0.3, -0.25) is 4.79 Å². The van der Waals surface area contributed by atoms with Crippen LogP contribution in [0.3, 0.4) is 0 Å². The second-order valence-corrected chi connectivity index (χ2v) is 4.29. The summed E-state index contributed by atoms with van der Waals surface area (Å²) in [7, 11) is 0. The second-order valence-electron chi connectivity index (χ2n) is 3.33. The lowest BCUT2D eigenvalue weighted by atomic mass is 10.2. The second kappa shape index (κ2) is 4.45. The summed E-state index contributed by atoms with van der Waals surface area (Å²) < 4.78 is 0. The Balaban J connectivity index is 2.38. The Morgan fingerprint density at radius 1 is 1.33 bits per heavy atom. The van der Waals surface area contributed by atoms with Crippen molar-refractivity contribution in [3.8, 4) is 0 Å². The van der Waals surface area contributed by atoms with Crippen LogP contribution in [-0.2, 0) is 4.79 Å². The third-order valence-electron chi connectivity index (χ3n) is 2.05. The highest BCUT2D eigenvalue weighted by molar-refractivity contribution is 8.00.